The van der Waals surface area contributed by atoms with Crippen LogP contribution in [0.2, 0.25) is 25.7 Å². The first-order chi connectivity index (χ1) is 23.1. The molecule has 0 bridgehead atoms. The summed E-state index contributed by atoms with van der Waals surface area (Å²) in [5.41, 5.74) is 2.54. The largest absolute Gasteiger partial charge is 0.490 e. The zero-order valence-electron chi connectivity index (χ0n) is 27.9. The monoisotopic (exact) mass is 671 g/mol. The molecule has 1 N–H and O–H groups in total. The van der Waals surface area contributed by atoms with Crippen LogP contribution in [0, 0.1) is 0 Å². The number of esters is 1. The number of fused-ring (bicyclic) bond motifs is 1. The lowest BCUT2D eigenvalue weighted by Gasteiger charge is -2.37. The summed E-state index contributed by atoms with van der Waals surface area (Å²) in [6, 6.07) is 30.0. The molecule has 1 aliphatic heterocycles. The molecule has 48 heavy (non-hydrogen) atoms. The number of hydrogen-bond acceptors (Lipinski definition) is 7. The Hall–Kier alpha value is -4.38. The average molecular weight is 672 g/mol. The van der Waals surface area contributed by atoms with Gasteiger partial charge < -0.3 is 33.7 Å². The molecule has 2 unspecified atom stereocenters. The Bertz CT molecular complexity index is 1640. The molecule has 10 heteroatoms. The van der Waals surface area contributed by atoms with E-state index in [1.165, 1.54) is 10.3 Å². The van der Waals surface area contributed by atoms with Crippen LogP contribution in [0.15, 0.2) is 91.0 Å². The standard InChI is InChI=1S/C38H45NO8Si/c1-48(2,3)23-22-43-27-47-34-16-12-31(13-17-34)37(40)45-21-20-44-33-14-10-30(11-15-33)35-18-19-39(38(41)42)25-36(35)46-26-28-8-9-29-6-4-5-7-32(29)24-28/h4-17,24,35-36H,18-23,25-27H2,1-3H3,(H,41,42). The van der Waals surface area contributed by atoms with E-state index in [4.69, 9.17) is 23.7 Å². The maximum absolute atomic E-state index is 12.5. The van der Waals surface area contributed by atoms with Gasteiger partial charge in [-0.15, -0.1) is 0 Å². The van der Waals surface area contributed by atoms with E-state index in [0.717, 1.165) is 22.6 Å². The van der Waals surface area contributed by atoms with Gasteiger partial charge in [-0.2, -0.15) is 0 Å². The number of amides is 1. The van der Waals surface area contributed by atoms with Crippen LogP contribution < -0.4 is 9.47 Å². The molecule has 0 aliphatic carbocycles. The highest BCUT2D eigenvalue weighted by Crippen LogP contribution is 2.32. The molecule has 1 aliphatic rings. The summed E-state index contributed by atoms with van der Waals surface area (Å²) < 4.78 is 28.8. The van der Waals surface area contributed by atoms with E-state index >= 15 is 0 Å². The first kappa shape index (κ1) is 34.9. The minimum atomic E-state index is -1.14. The predicted octanol–water partition coefficient (Wildman–Crippen LogP) is 7.82. The molecule has 1 saturated heterocycles. The van der Waals surface area contributed by atoms with Gasteiger partial charge in [0.1, 0.15) is 24.7 Å². The second kappa shape index (κ2) is 16.6. The van der Waals surface area contributed by atoms with Crippen LogP contribution in [0.3, 0.4) is 0 Å². The summed E-state index contributed by atoms with van der Waals surface area (Å²) in [7, 11) is -1.14. The Morgan fingerprint density at radius 3 is 2.27 bits per heavy atom. The van der Waals surface area contributed by atoms with Gasteiger partial charge in [-0.05, 0) is 76.8 Å². The van der Waals surface area contributed by atoms with E-state index in [9.17, 15) is 14.7 Å². The van der Waals surface area contributed by atoms with Crippen molar-refractivity contribution in [3.05, 3.63) is 108 Å². The molecular weight excluding hydrogens is 627 g/mol. The summed E-state index contributed by atoms with van der Waals surface area (Å²) in [5, 5.41) is 12.0. The maximum atomic E-state index is 12.5. The van der Waals surface area contributed by atoms with Gasteiger partial charge >= 0.3 is 12.1 Å². The summed E-state index contributed by atoms with van der Waals surface area (Å²) in [5.74, 6) is 0.881. The van der Waals surface area contributed by atoms with E-state index in [1.807, 2.05) is 36.4 Å². The van der Waals surface area contributed by atoms with Crippen molar-refractivity contribution in [3.8, 4) is 11.5 Å². The van der Waals surface area contributed by atoms with Crippen molar-refractivity contribution in [3.63, 3.8) is 0 Å². The second-order valence-electron chi connectivity index (χ2n) is 13.2. The third-order valence-electron chi connectivity index (χ3n) is 8.40. The summed E-state index contributed by atoms with van der Waals surface area (Å²) in [6.07, 6.45) is -0.567. The minimum absolute atomic E-state index is 0.0374. The first-order valence-corrected chi connectivity index (χ1v) is 20.1. The lowest BCUT2D eigenvalue weighted by atomic mass is 9.87. The van der Waals surface area contributed by atoms with Crippen molar-refractivity contribution >= 4 is 30.9 Å². The van der Waals surface area contributed by atoms with E-state index < -0.39 is 20.1 Å². The van der Waals surface area contributed by atoms with Crippen molar-refractivity contribution in [2.75, 3.05) is 39.7 Å². The van der Waals surface area contributed by atoms with Gasteiger partial charge in [0.05, 0.1) is 24.8 Å². The lowest BCUT2D eigenvalue weighted by Crippen LogP contribution is -2.46. The minimum Gasteiger partial charge on any atom is -0.490 e. The van der Waals surface area contributed by atoms with Crippen LogP contribution in [0.5, 0.6) is 11.5 Å². The summed E-state index contributed by atoms with van der Waals surface area (Å²) in [6.45, 7) is 9.22. The van der Waals surface area contributed by atoms with Crippen molar-refractivity contribution in [1.82, 2.24) is 4.90 Å². The van der Waals surface area contributed by atoms with Gasteiger partial charge in [0, 0.05) is 27.1 Å². The smallest absolute Gasteiger partial charge is 0.407 e. The average Bonchev–Trinajstić information content (AvgIpc) is 3.09. The highest BCUT2D eigenvalue weighted by atomic mass is 28.3. The Labute approximate surface area is 283 Å². The highest BCUT2D eigenvalue weighted by Gasteiger charge is 2.33. The van der Waals surface area contributed by atoms with E-state index in [1.54, 1.807) is 24.3 Å². The second-order valence-corrected chi connectivity index (χ2v) is 18.8. The Morgan fingerprint density at radius 1 is 0.833 bits per heavy atom. The molecule has 1 amide bonds. The summed E-state index contributed by atoms with van der Waals surface area (Å²) >= 11 is 0. The molecule has 2 atom stereocenters. The molecule has 4 aromatic rings. The maximum Gasteiger partial charge on any atom is 0.407 e. The van der Waals surface area contributed by atoms with E-state index in [2.05, 4.69) is 50.0 Å². The molecule has 1 fully saturated rings. The fraction of sp³-hybridized carbons (Fsp3) is 0.368. The van der Waals surface area contributed by atoms with Crippen LogP contribution in [-0.4, -0.2) is 75.9 Å². The van der Waals surface area contributed by atoms with Gasteiger partial charge in [-0.25, -0.2) is 9.59 Å². The van der Waals surface area contributed by atoms with Gasteiger partial charge in [-0.3, -0.25) is 0 Å². The van der Waals surface area contributed by atoms with Gasteiger partial charge in [0.2, 0.25) is 0 Å². The van der Waals surface area contributed by atoms with E-state index in [-0.39, 0.29) is 32.0 Å². The molecule has 254 valence electrons. The number of nitrogens with zero attached hydrogens (tertiary/aromatic N) is 1. The van der Waals surface area contributed by atoms with Crippen LogP contribution in [0.25, 0.3) is 10.8 Å². The molecule has 0 spiro atoms. The molecule has 1 heterocycles. The molecule has 4 aromatic carbocycles. The van der Waals surface area contributed by atoms with Gasteiger partial charge in [0.25, 0.3) is 0 Å². The van der Waals surface area contributed by atoms with Crippen molar-refractivity contribution in [2.24, 2.45) is 0 Å². The van der Waals surface area contributed by atoms with E-state index in [0.29, 0.717) is 49.8 Å². The Morgan fingerprint density at radius 2 is 1.54 bits per heavy atom. The normalized spacial score (nSPS) is 16.4. The number of carbonyl (C=O) groups is 2. The Kier molecular flexibility index (Phi) is 12.1. The number of piperidine rings is 1. The van der Waals surface area contributed by atoms with Crippen LogP contribution in [0.4, 0.5) is 4.79 Å². The first-order valence-electron chi connectivity index (χ1n) is 16.4. The number of hydrogen-bond donors (Lipinski definition) is 1. The SMILES string of the molecule is C[Si](C)(C)CCOCOc1ccc(C(=O)OCCOc2ccc(C3CCN(C(=O)O)CC3OCc3ccc4ccccc4c3)cc2)cc1. The van der Waals surface area contributed by atoms with Crippen molar-refractivity contribution < 1.29 is 38.4 Å². The zero-order valence-corrected chi connectivity index (χ0v) is 28.9. The van der Waals surface area contributed by atoms with Crippen LogP contribution >= 0.6 is 0 Å². The Balaban J connectivity index is 1.07. The highest BCUT2D eigenvalue weighted by molar-refractivity contribution is 6.76. The zero-order chi connectivity index (χ0) is 33.9. The summed E-state index contributed by atoms with van der Waals surface area (Å²) in [4.78, 5) is 25.7. The number of likely N-dealkylation sites (tertiary alicyclic amines) is 1. The quantitative estimate of drug-likeness (QED) is 0.0591. The number of benzene rings is 4. The van der Waals surface area contributed by atoms with Crippen LogP contribution in [0.1, 0.15) is 33.8 Å². The molecule has 5 rings (SSSR count). The van der Waals surface area contributed by atoms with Gasteiger partial charge in [-0.1, -0.05) is 68.2 Å². The molecule has 0 aromatic heterocycles. The fourth-order valence-electron chi connectivity index (χ4n) is 5.59. The lowest BCUT2D eigenvalue weighted by molar-refractivity contribution is -0.0199. The van der Waals surface area contributed by atoms with Crippen LogP contribution in [-0.2, 0) is 20.8 Å². The molecule has 9 nitrogen and oxygen atoms in total. The molecule has 0 radical (unpaired) electrons. The third kappa shape index (κ3) is 10.3. The number of carbonyl (C=O) groups excluding carboxylic acids is 1. The number of rotatable bonds is 15. The van der Waals surface area contributed by atoms with Gasteiger partial charge in [0.15, 0.2) is 6.79 Å². The molecular formula is C38H45NO8Si. The third-order valence-corrected chi connectivity index (χ3v) is 10.1. The fourth-order valence-corrected chi connectivity index (χ4v) is 6.35. The van der Waals surface area contributed by atoms with Crippen molar-refractivity contribution in [1.29, 1.82) is 0 Å². The topological polar surface area (TPSA) is 104 Å². The predicted molar refractivity (Wildman–Crippen MR) is 188 cm³/mol. The number of carboxylic acid groups (broad SMARTS) is 1. The van der Waals surface area contributed by atoms with Crippen molar-refractivity contribution in [2.45, 2.75) is 50.7 Å². The number of ether oxygens (including phenoxy) is 5. The molecule has 0 saturated carbocycles.